The predicted octanol–water partition coefficient (Wildman–Crippen LogP) is -0.614. The van der Waals surface area contributed by atoms with E-state index in [1.54, 1.807) is 0 Å². The SMILES string of the molecule is O=C(O)CCN1[14C](=O)C=C[14C]1=O. The molecule has 0 aromatic heterocycles. The van der Waals surface area contributed by atoms with Crippen LogP contribution < -0.4 is 0 Å². The van der Waals surface area contributed by atoms with Crippen LogP contribution in [0.5, 0.6) is 0 Å². The van der Waals surface area contributed by atoms with Crippen LogP contribution in [0.1, 0.15) is 6.42 Å². The van der Waals surface area contributed by atoms with Crippen molar-refractivity contribution in [3.05, 3.63) is 12.2 Å². The monoisotopic (exact) mass is 173 g/mol. The smallest absolute Gasteiger partial charge is 0.305 e. The zero-order valence-corrected chi connectivity index (χ0v) is 6.19. The van der Waals surface area contributed by atoms with Crippen LogP contribution in [-0.4, -0.2) is 34.3 Å². The summed E-state index contributed by atoms with van der Waals surface area (Å²) in [6, 6.07) is 0. The summed E-state index contributed by atoms with van der Waals surface area (Å²) < 4.78 is 0. The lowest BCUT2D eigenvalue weighted by Crippen LogP contribution is -2.31. The highest BCUT2D eigenvalue weighted by atomic mass is 16.4. The second kappa shape index (κ2) is 3.17. The second-order valence-corrected chi connectivity index (χ2v) is 2.31. The molecule has 5 nitrogen and oxygen atoms in total. The van der Waals surface area contributed by atoms with Gasteiger partial charge in [0.25, 0.3) is 11.8 Å². The maximum atomic E-state index is 10.8. The third kappa shape index (κ3) is 1.69. The van der Waals surface area contributed by atoms with Gasteiger partial charge in [-0.15, -0.1) is 0 Å². The number of hydrogen-bond acceptors (Lipinski definition) is 3. The minimum Gasteiger partial charge on any atom is -0.481 e. The number of carboxylic acid groups (broad SMARTS) is 1. The normalized spacial score (nSPS) is 15.8. The summed E-state index contributed by atoms with van der Waals surface area (Å²) in [7, 11) is 0. The molecule has 1 heterocycles. The lowest BCUT2D eigenvalue weighted by molar-refractivity contribution is -0.140. The Bertz CT molecular complexity index is 251. The Labute approximate surface area is 68.3 Å². The molecule has 0 saturated heterocycles. The zero-order valence-electron chi connectivity index (χ0n) is 6.19. The predicted molar refractivity (Wildman–Crippen MR) is 38.1 cm³/mol. The third-order valence-corrected chi connectivity index (χ3v) is 1.45. The van der Waals surface area contributed by atoms with Crippen LogP contribution >= 0.6 is 0 Å². The van der Waals surface area contributed by atoms with Crippen LogP contribution in [0.4, 0.5) is 0 Å². The van der Waals surface area contributed by atoms with Crippen molar-refractivity contribution in [3.8, 4) is 0 Å². The van der Waals surface area contributed by atoms with Crippen molar-refractivity contribution in [1.29, 1.82) is 0 Å². The molecule has 0 radical (unpaired) electrons. The molecular weight excluding hydrogens is 166 g/mol. The first-order chi connectivity index (χ1) is 5.61. The largest absolute Gasteiger partial charge is 0.481 e. The van der Waals surface area contributed by atoms with Gasteiger partial charge in [-0.25, -0.2) is 0 Å². The molecule has 5 heteroatoms. The first kappa shape index (κ1) is 8.45. The average molecular weight is 173 g/mol. The average Bonchev–Trinajstić information content (AvgIpc) is 2.28. The Hall–Kier alpha value is -1.65. The number of carbonyl (C=O) groups excluding carboxylic acids is 2. The highest BCUT2D eigenvalue weighted by Crippen LogP contribution is 2.03. The molecule has 0 fully saturated rings. The molecule has 0 aromatic rings. The summed E-state index contributed by atoms with van der Waals surface area (Å²) in [6.07, 6.45) is 2.05. The first-order valence-electron chi connectivity index (χ1n) is 3.36. The summed E-state index contributed by atoms with van der Waals surface area (Å²) >= 11 is 0. The molecule has 0 unspecified atom stereocenters. The van der Waals surface area contributed by atoms with Crippen molar-refractivity contribution in [3.63, 3.8) is 0 Å². The molecule has 1 aliphatic rings. The van der Waals surface area contributed by atoms with Crippen LogP contribution in [0, 0.1) is 0 Å². The topological polar surface area (TPSA) is 74.7 Å². The number of amides is 2. The quantitative estimate of drug-likeness (QED) is 0.577. The van der Waals surface area contributed by atoms with Crippen molar-refractivity contribution in [1.82, 2.24) is 4.90 Å². The first-order valence-corrected chi connectivity index (χ1v) is 3.36. The van der Waals surface area contributed by atoms with E-state index in [9.17, 15) is 14.4 Å². The number of aliphatic carboxylic acids is 1. The number of nitrogens with zero attached hydrogens (tertiary/aromatic N) is 1. The Kier molecular flexibility index (Phi) is 2.23. The van der Waals surface area contributed by atoms with Gasteiger partial charge < -0.3 is 5.11 Å². The van der Waals surface area contributed by atoms with E-state index in [2.05, 4.69) is 0 Å². The highest BCUT2D eigenvalue weighted by molar-refractivity contribution is 6.12. The van der Waals surface area contributed by atoms with E-state index in [0.717, 1.165) is 17.1 Å². The summed E-state index contributed by atoms with van der Waals surface area (Å²) in [4.78, 5) is 32.6. The van der Waals surface area contributed by atoms with E-state index in [1.165, 1.54) is 0 Å². The van der Waals surface area contributed by atoms with E-state index >= 15 is 0 Å². The van der Waals surface area contributed by atoms with E-state index in [0.29, 0.717) is 0 Å². The molecule has 0 saturated carbocycles. The van der Waals surface area contributed by atoms with Gasteiger partial charge in [-0.05, 0) is 0 Å². The van der Waals surface area contributed by atoms with Gasteiger partial charge in [-0.1, -0.05) is 0 Å². The van der Waals surface area contributed by atoms with Gasteiger partial charge in [-0.2, -0.15) is 0 Å². The van der Waals surface area contributed by atoms with Crippen molar-refractivity contribution < 1.29 is 19.5 Å². The van der Waals surface area contributed by atoms with Crippen molar-refractivity contribution in [2.45, 2.75) is 6.42 Å². The van der Waals surface area contributed by atoms with E-state index in [1.807, 2.05) is 0 Å². The van der Waals surface area contributed by atoms with Gasteiger partial charge >= 0.3 is 5.97 Å². The lowest BCUT2D eigenvalue weighted by Gasteiger charge is -2.10. The molecule has 1 N–H and O–H groups in total. The molecule has 0 atom stereocenters. The molecule has 64 valence electrons. The molecule has 0 bridgehead atoms. The van der Waals surface area contributed by atoms with Gasteiger partial charge in [0.1, 0.15) is 0 Å². The number of hydrogen-bond donors (Lipinski definition) is 1. The fraction of sp³-hybridized carbons (Fsp3) is 0.286. The fourth-order valence-corrected chi connectivity index (χ4v) is 0.859. The standard InChI is InChI=1S/C7H7NO4/c9-5-1-2-6(10)8(5)4-3-7(11)12/h1-2H,3-4H2,(H,11,12)/i5+2,6+2. The van der Waals surface area contributed by atoms with Crippen LogP contribution in [0.15, 0.2) is 12.2 Å². The molecule has 0 spiro atoms. The van der Waals surface area contributed by atoms with E-state index < -0.39 is 17.8 Å². The van der Waals surface area contributed by atoms with E-state index in [4.69, 9.17) is 5.11 Å². The summed E-state index contributed by atoms with van der Waals surface area (Å²) in [5.41, 5.74) is 0. The lowest BCUT2D eigenvalue weighted by atomic mass is 10.4. The number of carboxylic acids is 1. The number of imide groups is 1. The summed E-state index contributed by atoms with van der Waals surface area (Å²) in [6.45, 7) is -0.0556. The highest BCUT2D eigenvalue weighted by Gasteiger charge is 2.23. The van der Waals surface area contributed by atoms with Crippen LogP contribution in [0.25, 0.3) is 0 Å². The van der Waals surface area contributed by atoms with Gasteiger partial charge in [0.15, 0.2) is 0 Å². The number of carbonyl (C=O) groups is 3. The number of rotatable bonds is 3. The third-order valence-electron chi connectivity index (χ3n) is 1.45. The molecule has 0 aliphatic carbocycles. The Morgan fingerprint density at radius 1 is 1.33 bits per heavy atom. The second-order valence-electron chi connectivity index (χ2n) is 2.31. The van der Waals surface area contributed by atoms with Crippen LogP contribution in [0.3, 0.4) is 0 Å². The molecule has 2 amide bonds. The van der Waals surface area contributed by atoms with Crippen molar-refractivity contribution >= 4 is 17.8 Å². The molecular formula is C7H7NO4. The van der Waals surface area contributed by atoms with Crippen molar-refractivity contribution in [2.75, 3.05) is 6.54 Å². The molecule has 1 aliphatic heterocycles. The van der Waals surface area contributed by atoms with Crippen molar-refractivity contribution in [2.24, 2.45) is 0 Å². The minimum absolute atomic E-state index is 0.0556. The van der Waals surface area contributed by atoms with E-state index in [-0.39, 0.29) is 13.0 Å². The Balaban J connectivity index is 2.48. The van der Waals surface area contributed by atoms with Gasteiger partial charge in [0.05, 0.1) is 6.42 Å². The molecule has 1 rings (SSSR count). The minimum atomic E-state index is -1.03. The zero-order chi connectivity index (χ0) is 9.14. The maximum absolute atomic E-state index is 10.8. The van der Waals surface area contributed by atoms with Gasteiger partial charge in [0, 0.05) is 18.7 Å². The summed E-state index contributed by atoms with van der Waals surface area (Å²) in [5, 5.41) is 8.28. The van der Waals surface area contributed by atoms with Gasteiger partial charge in [0.2, 0.25) is 0 Å². The van der Waals surface area contributed by atoms with Gasteiger partial charge in [-0.3, -0.25) is 19.3 Å². The Morgan fingerprint density at radius 3 is 2.25 bits per heavy atom. The fourth-order valence-electron chi connectivity index (χ4n) is 0.859. The Morgan fingerprint density at radius 2 is 1.83 bits per heavy atom. The molecule has 12 heavy (non-hydrogen) atoms. The maximum Gasteiger partial charge on any atom is 0.305 e. The summed E-state index contributed by atoms with van der Waals surface area (Å²) in [5.74, 6) is -1.91. The van der Waals surface area contributed by atoms with Crippen LogP contribution in [-0.2, 0) is 14.4 Å². The molecule has 0 aromatic carbocycles. The van der Waals surface area contributed by atoms with Crippen LogP contribution in [0.2, 0.25) is 0 Å².